The third-order valence-electron chi connectivity index (χ3n) is 3.27. The zero-order valence-corrected chi connectivity index (χ0v) is 12.7. The molecule has 1 aromatic heterocycles. The first kappa shape index (κ1) is 17.1. The Morgan fingerprint density at radius 2 is 1.81 bits per heavy atom. The molecule has 0 radical (unpaired) electrons. The molecule has 1 aromatic rings. The van der Waals surface area contributed by atoms with Crippen LogP contribution in [-0.2, 0) is 16.1 Å². The second kappa shape index (κ2) is 9.07. The molecular formula is C15H23N3O3. The van der Waals surface area contributed by atoms with E-state index in [1.165, 1.54) is 0 Å². The van der Waals surface area contributed by atoms with Crippen LogP contribution in [0.2, 0.25) is 0 Å². The number of carboxylic acid groups (broad SMARTS) is 1. The Hall–Kier alpha value is -1.95. The summed E-state index contributed by atoms with van der Waals surface area (Å²) in [6, 6.07) is 3.74. The maximum Gasteiger partial charge on any atom is 0.304 e. The SMILES string of the molecule is CCN(CC)C(=O)CN(CCC(=O)O)Cc1ccncc1. The number of nitrogens with zero attached hydrogens (tertiary/aromatic N) is 3. The summed E-state index contributed by atoms with van der Waals surface area (Å²) in [4.78, 5) is 30.5. The molecule has 21 heavy (non-hydrogen) atoms. The Morgan fingerprint density at radius 1 is 1.19 bits per heavy atom. The van der Waals surface area contributed by atoms with Gasteiger partial charge in [0.1, 0.15) is 0 Å². The highest BCUT2D eigenvalue weighted by Crippen LogP contribution is 2.05. The van der Waals surface area contributed by atoms with Crippen molar-refractivity contribution in [1.29, 1.82) is 0 Å². The van der Waals surface area contributed by atoms with Crippen molar-refractivity contribution in [2.45, 2.75) is 26.8 Å². The van der Waals surface area contributed by atoms with Crippen molar-refractivity contribution in [1.82, 2.24) is 14.8 Å². The topological polar surface area (TPSA) is 73.7 Å². The lowest BCUT2D eigenvalue weighted by Gasteiger charge is -2.25. The molecule has 1 rings (SSSR count). The van der Waals surface area contributed by atoms with Crippen LogP contribution < -0.4 is 0 Å². The van der Waals surface area contributed by atoms with Gasteiger partial charge in [-0.3, -0.25) is 19.5 Å². The first-order valence-electron chi connectivity index (χ1n) is 7.17. The van der Waals surface area contributed by atoms with Crippen LogP contribution in [0.4, 0.5) is 0 Å². The molecular weight excluding hydrogens is 270 g/mol. The van der Waals surface area contributed by atoms with Crippen LogP contribution in [-0.4, -0.2) is 57.9 Å². The van der Waals surface area contributed by atoms with E-state index in [1.54, 1.807) is 17.3 Å². The second-order valence-corrected chi connectivity index (χ2v) is 4.78. The third-order valence-corrected chi connectivity index (χ3v) is 3.27. The maximum atomic E-state index is 12.2. The van der Waals surface area contributed by atoms with Crippen molar-refractivity contribution >= 4 is 11.9 Å². The van der Waals surface area contributed by atoms with Gasteiger partial charge in [0, 0.05) is 38.6 Å². The number of carboxylic acids is 1. The summed E-state index contributed by atoms with van der Waals surface area (Å²) in [5.41, 5.74) is 1.02. The summed E-state index contributed by atoms with van der Waals surface area (Å²) >= 11 is 0. The lowest BCUT2D eigenvalue weighted by molar-refractivity contribution is -0.138. The van der Waals surface area contributed by atoms with E-state index in [0.717, 1.165) is 5.56 Å². The molecule has 116 valence electrons. The summed E-state index contributed by atoms with van der Waals surface area (Å²) in [5, 5.41) is 8.83. The molecule has 0 bridgehead atoms. The predicted molar refractivity (Wildman–Crippen MR) is 79.7 cm³/mol. The quantitative estimate of drug-likeness (QED) is 0.741. The molecule has 1 amide bonds. The normalized spacial score (nSPS) is 10.6. The molecule has 6 nitrogen and oxygen atoms in total. The Kier molecular flexibility index (Phi) is 7.39. The lowest BCUT2D eigenvalue weighted by atomic mass is 10.2. The van der Waals surface area contributed by atoms with Crippen LogP contribution in [0, 0.1) is 0 Å². The number of aromatic nitrogens is 1. The van der Waals surface area contributed by atoms with Crippen molar-refractivity contribution in [2.75, 3.05) is 26.2 Å². The number of rotatable bonds is 9. The number of hydrogen-bond acceptors (Lipinski definition) is 4. The van der Waals surface area contributed by atoms with Gasteiger partial charge >= 0.3 is 5.97 Å². The van der Waals surface area contributed by atoms with E-state index in [-0.39, 0.29) is 18.9 Å². The van der Waals surface area contributed by atoms with Crippen molar-refractivity contribution in [3.8, 4) is 0 Å². The molecule has 6 heteroatoms. The molecule has 0 aliphatic heterocycles. The van der Waals surface area contributed by atoms with Gasteiger partial charge in [-0.15, -0.1) is 0 Å². The summed E-state index contributed by atoms with van der Waals surface area (Å²) in [5.74, 6) is -0.829. The minimum Gasteiger partial charge on any atom is -0.481 e. The number of aliphatic carboxylic acids is 1. The molecule has 1 N–H and O–H groups in total. The van der Waals surface area contributed by atoms with Crippen LogP contribution in [0.1, 0.15) is 25.8 Å². The van der Waals surface area contributed by atoms with Gasteiger partial charge in [-0.2, -0.15) is 0 Å². The molecule has 0 aliphatic carbocycles. The summed E-state index contributed by atoms with van der Waals surface area (Å²) in [6.07, 6.45) is 3.41. The van der Waals surface area contributed by atoms with E-state index < -0.39 is 5.97 Å². The van der Waals surface area contributed by atoms with Gasteiger partial charge < -0.3 is 10.0 Å². The van der Waals surface area contributed by atoms with Gasteiger partial charge in [0.2, 0.25) is 5.91 Å². The molecule has 0 saturated carbocycles. The first-order valence-corrected chi connectivity index (χ1v) is 7.17. The van der Waals surface area contributed by atoms with Gasteiger partial charge in [-0.05, 0) is 31.5 Å². The molecule has 0 spiro atoms. The number of carbonyl (C=O) groups excluding carboxylic acids is 1. The maximum absolute atomic E-state index is 12.2. The van der Waals surface area contributed by atoms with E-state index in [4.69, 9.17) is 5.11 Å². The number of likely N-dealkylation sites (N-methyl/N-ethyl adjacent to an activating group) is 1. The van der Waals surface area contributed by atoms with Crippen LogP contribution in [0.15, 0.2) is 24.5 Å². The monoisotopic (exact) mass is 293 g/mol. The van der Waals surface area contributed by atoms with Crippen molar-refractivity contribution < 1.29 is 14.7 Å². The fraction of sp³-hybridized carbons (Fsp3) is 0.533. The van der Waals surface area contributed by atoms with Gasteiger partial charge in [0.25, 0.3) is 0 Å². The molecule has 0 atom stereocenters. The molecule has 1 heterocycles. The van der Waals surface area contributed by atoms with Gasteiger partial charge in [0.15, 0.2) is 0 Å². The van der Waals surface area contributed by atoms with Crippen LogP contribution >= 0.6 is 0 Å². The number of pyridine rings is 1. The number of carbonyl (C=O) groups is 2. The number of amides is 1. The summed E-state index contributed by atoms with van der Waals surface area (Å²) in [6.45, 7) is 6.33. The lowest BCUT2D eigenvalue weighted by Crippen LogP contribution is -2.40. The van der Waals surface area contributed by atoms with E-state index in [0.29, 0.717) is 26.2 Å². The van der Waals surface area contributed by atoms with E-state index in [2.05, 4.69) is 4.98 Å². The second-order valence-electron chi connectivity index (χ2n) is 4.78. The zero-order valence-electron chi connectivity index (χ0n) is 12.7. The van der Waals surface area contributed by atoms with Crippen LogP contribution in [0.25, 0.3) is 0 Å². The van der Waals surface area contributed by atoms with Crippen LogP contribution in [0.5, 0.6) is 0 Å². The highest BCUT2D eigenvalue weighted by molar-refractivity contribution is 5.78. The largest absolute Gasteiger partial charge is 0.481 e. The van der Waals surface area contributed by atoms with Gasteiger partial charge in [-0.25, -0.2) is 0 Å². The van der Waals surface area contributed by atoms with Crippen molar-refractivity contribution in [3.05, 3.63) is 30.1 Å². The standard InChI is InChI=1S/C15H23N3O3/c1-3-18(4-2)14(19)12-17(10-7-15(20)21)11-13-5-8-16-9-6-13/h5-6,8-9H,3-4,7,10-12H2,1-2H3,(H,20,21). The van der Waals surface area contributed by atoms with Crippen molar-refractivity contribution in [3.63, 3.8) is 0 Å². The molecule has 0 saturated heterocycles. The number of hydrogen-bond donors (Lipinski definition) is 1. The Balaban J connectivity index is 2.67. The average molecular weight is 293 g/mol. The minimum atomic E-state index is -0.856. The first-order chi connectivity index (χ1) is 10.1. The van der Waals surface area contributed by atoms with Gasteiger partial charge in [-0.1, -0.05) is 0 Å². The van der Waals surface area contributed by atoms with E-state index in [1.807, 2.05) is 30.9 Å². The molecule has 0 aromatic carbocycles. The summed E-state index contributed by atoms with van der Waals surface area (Å²) in [7, 11) is 0. The minimum absolute atomic E-state index is 0.0244. The summed E-state index contributed by atoms with van der Waals surface area (Å²) < 4.78 is 0. The third kappa shape index (κ3) is 6.35. The average Bonchev–Trinajstić information content (AvgIpc) is 2.47. The van der Waals surface area contributed by atoms with Gasteiger partial charge in [0.05, 0.1) is 13.0 Å². The molecule has 0 unspecified atom stereocenters. The Morgan fingerprint density at radius 3 is 2.33 bits per heavy atom. The van der Waals surface area contributed by atoms with Crippen LogP contribution in [0.3, 0.4) is 0 Å². The predicted octanol–water partition coefficient (Wildman–Crippen LogP) is 1.23. The van der Waals surface area contributed by atoms with Crippen molar-refractivity contribution in [2.24, 2.45) is 0 Å². The highest BCUT2D eigenvalue weighted by atomic mass is 16.4. The van der Waals surface area contributed by atoms with E-state index >= 15 is 0 Å². The Labute approximate surface area is 125 Å². The smallest absolute Gasteiger partial charge is 0.304 e. The molecule has 0 aliphatic rings. The zero-order chi connectivity index (χ0) is 15.7. The fourth-order valence-electron chi connectivity index (χ4n) is 2.08. The highest BCUT2D eigenvalue weighted by Gasteiger charge is 2.16. The molecule has 0 fully saturated rings. The fourth-order valence-corrected chi connectivity index (χ4v) is 2.08. The van der Waals surface area contributed by atoms with E-state index in [9.17, 15) is 9.59 Å². The Bertz CT molecular complexity index is 447.